The Morgan fingerprint density at radius 3 is 2.89 bits per heavy atom. The summed E-state index contributed by atoms with van der Waals surface area (Å²) in [6.45, 7) is 6.58. The Morgan fingerprint density at radius 1 is 1.22 bits per heavy atom. The number of rotatable bonds is 9. The van der Waals surface area contributed by atoms with Gasteiger partial charge in [-0.3, -0.25) is 4.40 Å². The zero-order chi connectivity index (χ0) is 12.6. The Morgan fingerprint density at radius 2 is 2.06 bits per heavy atom. The van der Waals surface area contributed by atoms with Gasteiger partial charge in [-0.1, -0.05) is 6.92 Å². The summed E-state index contributed by atoms with van der Waals surface area (Å²) in [7, 11) is 0. The van der Waals surface area contributed by atoms with E-state index >= 15 is 0 Å². The molecule has 18 heavy (non-hydrogen) atoms. The molecule has 0 aliphatic rings. The minimum Gasteiger partial charge on any atom is -0.317 e. The minimum atomic E-state index is 1.04. The first kappa shape index (κ1) is 13.5. The van der Waals surface area contributed by atoms with Crippen molar-refractivity contribution in [1.29, 1.82) is 0 Å². The molecule has 5 heteroatoms. The number of nitrogens with zero attached hydrogens (tertiary/aromatic N) is 2. The highest BCUT2D eigenvalue weighted by Gasteiger charge is 2.02. The van der Waals surface area contributed by atoms with Crippen molar-refractivity contribution in [3.63, 3.8) is 0 Å². The molecule has 0 radical (unpaired) electrons. The molecule has 0 saturated carbocycles. The number of nitrogens with one attached hydrogen (secondary N) is 2. The van der Waals surface area contributed by atoms with Gasteiger partial charge in [-0.2, -0.15) is 0 Å². The quantitative estimate of drug-likeness (QED) is 0.681. The molecule has 0 atom stereocenters. The van der Waals surface area contributed by atoms with E-state index in [1.54, 1.807) is 11.3 Å². The molecule has 0 bridgehead atoms. The van der Waals surface area contributed by atoms with Crippen molar-refractivity contribution >= 4 is 16.3 Å². The molecule has 100 valence electrons. The summed E-state index contributed by atoms with van der Waals surface area (Å²) in [5.74, 6) is 0. The van der Waals surface area contributed by atoms with Crippen molar-refractivity contribution in [1.82, 2.24) is 20.0 Å². The smallest absolute Gasteiger partial charge is 0.193 e. The van der Waals surface area contributed by atoms with Gasteiger partial charge < -0.3 is 10.6 Å². The van der Waals surface area contributed by atoms with E-state index in [0.717, 1.165) is 37.6 Å². The summed E-state index contributed by atoms with van der Waals surface area (Å²) < 4.78 is 2.18. The lowest BCUT2D eigenvalue weighted by Gasteiger charge is -2.05. The first-order valence-electron chi connectivity index (χ1n) is 6.72. The van der Waals surface area contributed by atoms with E-state index in [1.807, 2.05) is 12.4 Å². The van der Waals surface area contributed by atoms with Crippen molar-refractivity contribution in [2.24, 2.45) is 0 Å². The van der Waals surface area contributed by atoms with Crippen LogP contribution in [0, 0.1) is 0 Å². The van der Waals surface area contributed by atoms with Crippen LogP contribution < -0.4 is 10.6 Å². The predicted octanol–water partition coefficient (Wildman–Crippen LogP) is 1.92. The van der Waals surface area contributed by atoms with Crippen molar-refractivity contribution < 1.29 is 0 Å². The van der Waals surface area contributed by atoms with Crippen LogP contribution >= 0.6 is 11.3 Å². The van der Waals surface area contributed by atoms with Gasteiger partial charge in [-0.15, -0.1) is 11.3 Å². The molecule has 2 N–H and O–H groups in total. The maximum atomic E-state index is 4.28. The maximum Gasteiger partial charge on any atom is 0.193 e. The number of imidazole rings is 1. The van der Waals surface area contributed by atoms with E-state index in [9.17, 15) is 0 Å². The molecule has 0 aliphatic carbocycles. The number of aromatic nitrogens is 2. The fraction of sp³-hybridized carbons (Fsp3) is 0.615. The van der Waals surface area contributed by atoms with Gasteiger partial charge in [0.1, 0.15) is 0 Å². The summed E-state index contributed by atoms with van der Waals surface area (Å²) in [5, 5.41) is 9.10. The Kier molecular flexibility index (Phi) is 5.64. The van der Waals surface area contributed by atoms with Gasteiger partial charge in [-0.25, -0.2) is 4.98 Å². The molecule has 2 rings (SSSR count). The second kappa shape index (κ2) is 7.51. The van der Waals surface area contributed by atoms with Crippen LogP contribution in [0.25, 0.3) is 4.96 Å². The van der Waals surface area contributed by atoms with E-state index in [0.29, 0.717) is 0 Å². The lowest BCUT2D eigenvalue weighted by Crippen LogP contribution is -2.24. The summed E-state index contributed by atoms with van der Waals surface area (Å²) >= 11 is 1.71. The molecule has 2 aromatic heterocycles. The van der Waals surface area contributed by atoms with Gasteiger partial charge in [0.05, 0.1) is 0 Å². The van der Waals surface area contributed by atoms with Crippen LogP contribution in [0.4, 0.5) is 0 Å². The molecule has 4 nitrogen and oxygen atoms in total. The lowest BCUT2D eigenvalue weighted by molar-refractivity contribution is 0.591. The first-order chi connectivity index (χ1) is 8.92. The highest BCUT2D eigenvalue weighted by molar-refractivity contribution is 7.15. The monoisotopic (exact) mass is 266 g/mol. The standard InChI is InChI=1S/C13H22N4S/c1-2-5-14-6-3-7-15-8-4-12-11-18-13-16-9-10-17(12)13/h9-11,14-15H,2-8H2,1H3. The zero-order valence-corrected chi connectivity index (χ0v) is 11.8. The molecule has 0 unspecified atom stereocenters. The Bertz CT molecular complexity index is 448. The van der Waals surface area contributed by atoms with Gasteiger partial charge in [0.25, 0.3) is 0 Å². The Labute approximate surface area is 112 Å². The molecule has 0 saturated heterocycles. The number of hydrogen-bond acceptors (Lipinski definition) is 4. The van der Waals surface area contributed by atoms with E-state index in [4.69, 9.17) is 0 Å². The topological polar surface area (TPSA) is 41.4 Å². The predicted molar refractivity (Wildman–Crippen MR) is 77.4 cm³/mol. The normalized spacial score (nSPS) is 11.4. The molecular weight excluding hydrogens is 244 g/mol. The van der Waals surface area contributed by atoms with Gasteiger partial charge >= 0.3 is 0 Å². The van der Waals surface area contributed by atoms with E-state index in [2.05, 4.69) is 32.3 Å². The van der Waals surface area contributed by atoms with Crippen LogP contribution in [0.15, 0.2) is 17.8 Å². The Hall–Kier alpha value is -0.910. The van der Waals surface area contributed by atoms with Gasteiger partial charge in [0.15, 0.2) is 4.96 Å². The third kappa shape index (κ3) is 3.80. The summed E-state index contributed by atoms with van der Waals surface area (Å²) in [5.41, 5.74) is 1.35. The van der Waals surface area contributed by atoms with Crippen LogP contribution in [0.1, 0.15) is 25.5 Å². The Balaban J connectivity index is 1.57. The average molecular weight is 266 g/mol. The molecule has 2 aromatic rings. The summed E-state index contributed by atoms with van der Waals surface area (Å²) in [6.07, 6.45) is 7.38. The van der Waals surface area contributed by atoms with Crippen molar-refractivity contribution in [3.8, 4) is 0 Å². The number of thiazole rings is 1. The van der Waals surface area contributed by atoms with Gasteiger partial charge in [0, 0.05) is 36.4 Å². The molecule has 0 aliphatic heterocycles. The molecule has 0 aromatic carbocycles. The third-order valence-electron chi connectivity index (χ3n) is 2.91. The molecule has 2 heterocycles. The zero-order valence-electron chi connectivity index (χ0n) is 11.0. The fourth-order valence-electron chi connectivity index (χ4n) is 1.93. The van der Waals surface area contributed by atoms with Crippen LogP contribution in [-0.2, 0) is 6.42 Å². The largest absolute Gasteiger partial charge is 0.317 e. The second-order valence-corrected chi connectivity index (χ2v) is 5.25. The molecule has 0 spiro atoms. The molecule has 0 fully saturated rings. The second-order valence-electron chi connectivity index (χ2n) is 4.41. The fourth-order valence-corrected chi connectivity index (χ4v) is 2.82. The van der Waals surface area contributed by atoms with Crippen molar-refractivity contribution in [3.05, 3.63) is 23.5 Å². The van der Waals surface area contributed by atoms with E-state index in [1.165, 1.54) is 18.5 Å². The van der Waals surface area contributed by atoms with Crippen LogP contribution in [-0.4, -0.2) is 35.6 Å². The number of fused-ring (bicyclic) bond motifs is 1. The summed E-state index contributed by atoms with van der Waals surface area (Å²) in [6, 6.07) is 0. The van der Waals surface area contributed by atoms with E-state index < -0.39 is 0 Å². The molecular formula is C13H22N4S. The van der Waals surface area contributed by atoms with E-state index in [-0.39, 0.29) is 0 Å². The maximum absolute atomic E-state index is 4.28. The van der Waals surface area contributed by atoms with Gasteiger partial charge in [-0.05, 0) is 32.5 Å². The lowest BCUT2D eigenvalue weighted by atomic mass is 10.3. The van der Waals surface area contributed by atoms with Gasteiger partial charge in [0.2, 0.25) is 0 Å². The van der Waals surface area contributed by atoms with Crippen molar-refractivity contribution in [2.75, 3.05) is 26.2 Å². The van der Waals surface area contributed by atoms with Crippen LogP contribution in [0.3, 0.4) is 0 Å². The summed E-state index contributed by atoms with van der Waals surface area (Å²) in [4.78, 5) is 5.37. The van der Waals surface area contributed by atoms with Crippen molar-refractivity contribution in [2.45, 2.75) is 26.2 Å². The average Bonchev–Trinajstić information content (AvgIpc) is 2.96. The first-order valence-corrected chi connectivity index (χ1v) is 7.60. The van der Waals surface area contributed by atoms with Crippen LogP contribution in [0.2, 0.25) is 0 Å². The number of hydrogen-bond donors (Lipinski definition) is 2. The van der Waals surface area contributed by atoms with Crippen LogP contribution in [0.5, 0.6) is 0 Å². The minimum absolute atomic E-state index is 1.04. The SMILES string of the molecule is CCCNCCCNCCc1csc2nccn12. The highest BCUT2D eigenvalue weighted by Crippen LogP contribution is 2.14. The third-order valence-corrected chi connectivity index (χ3v) is 3.81. The molecule has 0 amide bonds. The highest BCUT2D eigenvalue weighted by atomic mass is 32.1.